The van der Waals surface area contributed by atoms with Crippen LogP contribution in [0.1, 0.15) is 24.4 Å². The molecule has 0 saturated carbocycles. The van der Waals surface area contributed by atoms with E-state index in [4.69, 9.17) is 4.74 Å². The van der Waals surface area contributed by atoms with Crippen LogP contribution in [0.5, 0.6) is 11.5 Å². The summed E-state index contributed by atoms with van der Waals surface area (Å²) in [5, 5.41) is 16.9. The van der Waals surface area contributed by atoms with Crippen molar-refractivity contribution in [1.29, 1.82) is 0 Å². The molecule has 0 saturated heterocycles. The van der Waals surface area contributed by atoms with Crippen LogP contribution in [0.25, 0.3) is 0 Å². The standard InChI is InChI=1S/C13H17N3O3/c1-9(14-6-5-13-15-8-19-16-13)11-7-10(18-2)3-4-12(11)17/h3-4,7-9,14,17H,5-6H2,1-2H3. The maximum absolute atomic E-state index is 9.85. The summed E-state index contributed by atoms with van der Waals surface area (Å²) in [5.41, 5.74) is 0.799. The second-order valence-corrected chi connectivity index (χ2v) is 4.20. The van der Waals surface area contributed by atoms with Gasteiger partial charge in [0.05, 0.1) is 7.11 Å². The van der Waals surface area contributed by atoms with Gasteiger partial charge >= 0.3 is 0 Å². The van der Waals surface area contributed by atoms with Crippen LogP contribution in [0, 0.1) is 0 Å². The van der Waals surface area contributed by atoms with Crippen LogP contribution in [-0.2, 0) is 6.42 Å². The maximum atomic E-state index is 9.85. The van der Waals surface area contributed by atoms with Gasteiger partial charge in [-0.2, -0.15) is 4.98 Å². The van der Waals surface area contributed by atoms with Gasteiger partial charge in [0.15, 0.2) is 5.82 Å². The Hall–Kier alpha value is -2.08. The Morgan fingerprint density at radius 3 is 3.00 bits per heavy atom. The molecule has 0 aliphatic heterocycles. The van der Waals surface area contributed by atoms with Crippen LogP contribution >= 0.6 is 0 Å². The first-order valence-corrected chi connectivity index (χ1v) is 6.06. The summed E-state index contributed by atoms with van der Waals surface area (Å²) in [6.07, 6.45) is 1.98. The summed E-state index contributed by atoms with van der Waals surface area (Å²) in [6.45, 7) is 2.67. The van der Waals surface area contributed by atoms with Gasteiger partial charge in [0, 0.05) is 24.6 Å². The van der Waals surface area contributed by atoms with E-state index in [0.717, 1.165) is 11.3 Å². The summed E-state index contributed by atoms with van der Waals surface area (Å²) in [7, 11) is 1.60. The van der Waals surface area contributed by atoms with Crippen molar-refractivity contribution in [3.63, 3.8) is 0 Å². The van der Waals surface area contributed by atoms with Crippen LogP contribution in [0.4, 0.5) is 0 Å². The number of nitrogens with zero attached hydrogens (tertiary/aromatic N) is 2. The number of hydrogen-bond acceptors (Lipinski definition) is 6. The number of phenols is 1. The number of hydrogen-bond donors (Lipinski definition) is 2. The molecule has 1 aromatic carbocycles. The molecule has 19 heavy (non-hydrogen) atoms. The highest BCUT2D eigenvalue weighted by molar-refractivity contribution is 5.41. The fourth-order valence-corrected chi connectivity index (χ4v) is 1.82. The van der Waals surface area contributed by atoms with Gasteiger partial charge in [0.2, 0.25) is 6.39 Å². The van der Waals surface area contributed by atoms with Gasteiger partial charge in [0.1, 0.15) is 11.5 Å². The highest BCUT2D eigenvalue weighted by Crippen LogP contribution is 2.28. The fourth-order valence-electron chi connectivity index (χ4n) is 1.82. The van der Waals surface area contributed by atoms with Crippen molar-refractivity contribution >= 4 is 0 Å². The highest BCUT2D eigenvalue weighted by atomic mass is 16.5. The van der Waals surface area contributed by atoms with Crippen LogP contribution in [0.3, 0.4) is 0 Å². The molecule has 0 bridgehead atoms. The molecule has 1 heterocycles. The minimum absolute atomic E-state index is 0.00185. The van der Waals surface area contributed by atoms with Crippen molar-refractivity contribution in [2.24, 2.45) is 0 Å². The Morgan fingerprint density at radius 1 is 1.47 bits per heavy atom. The van der Waals surface area contributed by atoms with Gasteiger partial charge in [-0.15, -0.1) is 0 Å². The number of nitrogens with one attached hydrogen (secondary N) is 1. The van der Waals surface area contributed by atoms with Gasteiger partial charge in [-0.3, -0.25) is 0 Å². The average molecular weight is 263 g/mol. The molecule has 102 valence electrons. The third-order valence-corrected chi connectivity index (χ3v) is 2.91. The monoisotopic (exact) mass is 263 g/mol. The zero-order valence-corrected chi connectivity index (χ0v) is 11.0. The van der Waals surface area contributed by atoms with Gasteiger partial charge in [0.25, 0.3) is 0 Å². The summed E-state index contributed by atoms with van der Waals surface area (Å²) in [4.78, 5) is 3.94. The van der Waals surface area contributed by atoms with E-state index in [2.05, 4.69) is 20.0 Å². The molecule has 2 rings (SSSR count). The summed E-state index contributed by atoms with van der Waals surface area (Å²) >= 11 is 0. The summed E-state index contributed by atoms with van der Waals surface area (Å²) in [6, 6.07) is 5.18. The van der Waals surface area contributed by atoms with Gasteiger partial charge in [-0.25, -0.2) is 0 Å². The van der Waals surface area contributed by atoms with Crippen molar-refractivity contribution in [3.05, 3.63) is 36.0 Å². The number of rotatable bonds is 6. The highest BCUT2D eigenvalue weighted by Gasteiger charge is 2.11. The summed E-state index contributed by atoms with van der Waals surface area (Å²) in [5.74, 6) is 1.63. The molecule has 2 aromatic rings. The van der Waals surface area contributed by atoms with Crippen molar-refractivity contribution in [2.45, 2.75) is 19.4 Å². The molecule has 1 aromatic heterocycles. The quantitative estimate of drug-likeness (QED) is 0.825. The Balaban J connectivity index is 1.93. The molecule has 0 radical (unpaired) electrons. The summed E-state index contributed by atoms with van der Waals surface area (Å²) < 4.78 is 9.81. The van der Waals surface area contributed by atoms with Gasteiger partial charge in [-0.05, 0) is 25.1 Å². The zero-order chi connectivity index (χ0) is 13.7. The predicted octanol–water partition coefficient (Wildman–Crippen LogP) is 1.68. The van der Waals surface area contributed by atoms with Crippen molar-refractivity contribution in [3.8, 4) is 11.5 Å². The van der Waals surface area contributed by atoms with Crippen LogP contribution in [-0.4, -0.2) is 28.9 Å². The van der Waals surface area contributed by atoms with E-state index in [9.17, 15) is 5.11 Å². The number of ether oxygens (including phenoxy) is 1. The molecule has 1 unspecified atom stereocenters. The van der Waals surface area contributed by atoms with Crippen molar-refractivity contribution in [1.82, 2.24) is 15.5 Å². The zero-order valence-electron chi connectivity index (χ0n) is 11.0. The minimum Gasteiger partial charge on any atom is -0.508 e. The lowest BCUT2D eigenvalue weighted by Gasteiger charge is -2.16. The van der Waals surface area contributed by atoms with E-state index >= 15 is 0 Å². The lowest BCUT2D eigenvalue weighted by atomic mass is 10.1. The molecule has 0 aliphatic rings. The molecular formula is C13H17N3O3. The number of aromatic hydroxyl groups is 1. The van der Waals surface area contributed by atoms with Gasteiger partial charge in [-0.1, -0.05) is 5.16 Å². The van der Waals surface area contributed by atoms with E-state index < -0.39 is 0 Å². The molecule has 2 N–H and O–H groups in total. The fraction of sp³-hybridized carbons (Fsp3) is 0.385. The second-order valence-electron chi connectivity index (χ2n) is 4.20. The van der Waals surface area contributed by atoms with E-state index in [1.54, 1.807) is 19.2 Å². The first kappa shape index (κ1) is 13.4. The van der Waals surface area contributed by atoms with E-state index in [1.165, 1.54) is 6.39 Å². The molecule has 0 amide bonds. The third-order valence-electron chi connectivity index (χ3n) is 2.91. The molecule has 0 aliphatic carbocycles. The Labute approximate surface area is 111 Å². The smallest absolute Gasteiger partial charge is 0.213 e. The van der Waals surface area contributed by atoms with Gasteiger partial charge < -0.3 is 19.7 Å². The topological polar surface area (TPSA) is 80.4 Å². The SMILES string of the molecule is COc1ccc(O)c(C(C)NCCc2ncon2)c1. The Bertz CT molecular complexity index is 514. The molecule has 1 atom stereocenters. The van der Waals surface area contributed by atoms with E-state index in [0.29, 0.717) is 18.8 Å². The largest absolute Gasteiger partial charge is 0.508 e. The van der Waals surface area contributed by atoms with Crippen molar-refractivity contribution in [2.75, 3.05) is 13.7 Å². The number of phenolic OH excluding ortho intramolecular Hbond substituents is 1. The normalized spacial score (nSPS) is 12.3. The number of aromatic nitrogens is 2. The lowest BCUT2D eigenvalue weighted by Crippen LogP contribution is -2.21. The first-order chi connectivity index (χ1) is 9.20. The van der Waals surface area contributed by atoms with Crippen molar-refractivity contribution < 1.29 is 14.4 Å². The average Bonchev–Trinajstić information content (AvgIpc) is 2.92. The number of methoxy groups -OCH3 is 1. The third kappa shape index (κ3) is 3.45. The molecule has 0 fully saturated rings. The maximum Gasteiger partial charge on any atom is 0.213 e. The predicted molar refractivity (Wildman–Crippen MR) is 69.1 cm³/mol. The van der Waals surface area contributed by atoms with E-state index in [-0.39, 0.29) is 11.8 Å². The van der Waals surface area contributed by atoms with Crippen LogP contribution in [0.2, 0.25) is 0 Å². The second kappa shape index (κ2) is 6.19. The Morgan fingerprint density at radius 2 is 2.32 bits per heavy atom. The Kier molecular flexibility index (Phi) is 4.35. The van der Waals surface area contributed by atoms with Crippen LogP contribution in [0.15, 0.2) is 29.1 Å². The number of benzene rings is 1. The minimum atomic E-state index is 0.00185. The molecule has 6 nitrogen and oxygen atoms in total. The van der Waals surface area contributed by atoms with Crippen LogP contribution < -0.4 is 10.1 Å². The van der Waals surface area contributed by atoms with E-state index in [1.807, 2.05) is 13.0 Å². The lowest BCUT2D eigenvalue weighted by molar-refractivity contribution is 0.405. The molecule has 6 heteroatoms. The first-order valence-electron chi connectivity index (χ1n) is 6.06. The molecular weight excluding hydrogens is 246 g/mol. The molecule has 0 spiro atoms.